The van der Waals surface area contributed by atoms with Gasteiger partial charge in [-0.3, -0.25) is 13.9 Å². The maximum Gasteiger partial charge on any atom is 0.264 e. The van der Waals surface area contributed by atoms with Crippen molar-refractivity contribution in [2.45, 2.75) is 31.3 Å². The number of sulfonamides is 1. The van der Waals surface area contributed by atoms with Gasteiger partial charge in [-0.15, -0.1) is 0 Å². The predicted octanol–water partition coefficient (Wildman–Crippen LogP) is 3.50. The van der Waals surface area contributed by atoms with Crippen molar-refractivity contribution in [1.82, 2.24) is 10.2 Å². The van der Waals surface area contributed by atoms with Gasteiger partial charge in [-0.1, -0.05) is 42.0 Å². The number of likely N-dealkylation sites (N-methyl/N-ethyl adjacent to an activating group) is 1. The minimum Gasteiger partial charge on any atom is -0.497 e. The van der Waals surface area contributed by atoms with Gasteiger partial charge in [-0.05, 0) is 44.2 Å². The highest BCUT2D eigenvalue weighted by atomic mass is 32.2. The van der Waals surface area contributed by atoms with Gasteiger partial charge >= 0.3 is 0 Å². The lowest BCUT2D eigenvalue weighted by atomic mass is 10.1. The first kappa shape index (κ1) is 27.7. The van der Waals surface area contributed by atoms with Crippen molar-refractivity contribution in [3.63, 3.8) is 0 Å². The van der Waals surface area contributed by atoms with Crippen LogP contribution in [-0.4, -0.2) is 51.9 Å². The van der Waals surface area contributed by atoms with Gasteiger partial charge in [0.05, 0.1) is 17.7 Å². The summed E-state index contributed by atoms with van der Waals surface area (Å²) in [5.41, 5.74) is 1.27. The molecule has 1 unspecified atom stereocenters. The second-order valence-electron chi connectivity index (χ2n) is 8.43. The van der Waals surface area contributed by atoms with Crippen LogP contribution in [0.2, 0.25) is 0 Å². The van der Waals surface area contributed by atoms with Crippen LogP contribution in [0.3, 0.4) is 0 Å². The lowest BCUT2D eigenvalue weighted by Crippen LogP contribution is -2.50. The van der Waals surface area contributed by atoms with Crippen LogP contribution < -0.4 is 14.4 Å². The molecule has 0 spiro atoms. The molecular formula is C27H30FN3O5S. The van der Waals surface area contributed by atoms with Gasteiger partial charge in [0, 0.05) is 25.2 Å². The highest BCUT2D eigenvalue weighted by molar-refractivity contribution is 7.92. The summed E-state index contributed by atoms with van der Waals surface area (Å²) >= 11 is 0. The van der Waals surface area contributed by atoms with Crippen molar-refractivity contribution < 1.29 is 27.1 Å². The number of carbonyl (C=O) groups is 2. The molecule has 2 amide bonds. The van der Waals surface area contributed by atoms with E-state index in [0.717, 1.165) is 14.8 Å². The Morgan fingerprint density at radius 3 is 2.32 bits per heavy atom. The third-order valence-corrected chi connectivity index (χ3v) is 7.73. The molecule has 1 atom stereocenters. The molecule has 0 aromatic heterocycles. The van der Waals surface area contributed by atoms with E-state index in [2.05, 4.69) is 5.32 Å². The zero-order chi connectivity index (χ0) is 27.2. The highest BCUT2D eigenvalue weighted by Crippen LogP contribution is 2.28. The fourth-order valence-electron chi connectivity index (χ4n) is 3.73. The molecule has 37 heavy (non-hydrogen) atoms. The summed E-state index contributed by atoms with van der Waals surface area (Å²) in [5.74, 6) is -1.30. The molecule has 3 aromatic carbocycles. The Balaban J connectivity index is 2.06. The predicted molar refractivity (Wildman–Crippen MR) is 139 cm³/mol. The van der Waals surface area contributed by atoms with Crippen LogP contribution in [0.15, 0.2) is 77.7 Å². The van der Waals surface area contributed by atoms with Gasteiger partial charge in [0.25, 0.3) is 10.0 Å². The first-order valence-electron chi connectivity index (χ1n) is 11.6. The maximum absolute atomic E-state index is 14.5. The number of nitrogens with zero attached hydrogens (tertiary/aromatic N) is 2. The Labute approximate surface area is 216 Å². The summed E-state index contributed by atoms with van der Waals surface area (Å²) in [7, 11) is -1.33. The molecule has 0 heterocycles. The van der Waals surface area contributed by atoms with Crippen LogP contribution in [0, 0.1) is 12.7 Å². The SMILES string of the molecule is CNC(=O)C(C)N(Cc1ccccc1F)C(=O)CN(c1cccc(OC)c1)S(=O)(=O)c1ccc(C)cc1. The quantitative estimate of drug-likeness (QED) is 0.436. The Hall–Kier alpha value is -3.92. The fraction of sp³-hybridized carbons (Fsp3) is 0.259. The molecule has 10 heteroatoms. The topological polar surface area (TPSA) is 96.0 Å². The molecule has 0 saturated heterocycles. The average molecular weight is 528 g/mol. The molecule has 3 aromatic rings. The van der Waals surface area contributed by atoms with Crippen LogP contribution in [0.5, 0.6) is 5.75 Å². The van der Waals surface area contributed by atoms with E-state index in [4.69, 9.17) is 4.74 Å². The van der Waals surface area contributed by atoms with E-state index >= 15 is 0 Å². The lowest BCUT2D eigenvalue weighted by molar-refractivity contribution is -0.139. The number of carbonyl (C=O) groups excluding carboxylic acids is 2. The largest absolute Gasteiger partial charge is 0.497 e. The molecule has 0 radical (unpaired) electrons. The van der Waals surface area contributed by atoms with Gasteiger partial charge < -0.3 is 15.0 Å². The molecule has 1 N–H and O–H groups in total. The molecule has 0 bridgehead atoms. The summed E-state index contributed by atoms with van der Waals surface area (Å²) in [5, 5.41) is 2.49. The Kier molecular flexibility index (Phi) is 8.88. The minimum absolute atomic E-state index is 0.00581. The second-order valence-corrected chi connectivity index (χ2v) is 10.3. The third kappa shape index (κ3) is 6.45. The number of hydrogen-bond acceptors (Lipinski definition) is 5. The Morgan fingerprint density at radius 2 is 1.70 bits per heavy atom. The molecule has 0 saturated carbocycles. The van der Waals surface area contributed by atoms with Crippen LogP contribution in [0.1, 0.15) is 18.1 Å². The molecular weight excluding hydrogens is 497 g/mol. The van der Waals surface area contributed by atoms with E-state index < -0.39 is 40.2 Å². The van der Waals surface area contributed by atoms with E-state index in [1.165, 1.54) is 57.5 Å². The van der Waals surface area contributed by atoms with Crippen LogP contribution in [0.25, 0.3) is 0 Å². The first-order valence-corrected chi connectivity index (χ1v) is 13.0. The maximum atomic E-state index is 14.5. The second kappa shape index (κ2) is 11.9. The zero-order valence-corrected chi connectivity index (χ0v) is 22.0. The normalized spacial score (nSPS) is 11.9. The molecule has 0 aliphatic carbocycles. The summed E-state index contributed by atoms with van der Waals surface area (Å²) < 4.78 is 48.2. The number of halogens is 1. The number of rotatable bonds is 10. The number of nitrogens with one attached hydrogen (secondary N) is 1. The number of hydrogen-bond donors (Lipinski definition) is 1. The summed E-state index contributed by atoms with van der Waals surface area (Å²) in [6, 6.07) is 17.5. The van der Waals surface area contributed by atoms with Gasteiger partial charge in [0.15, 0.2) is 0 Å². The Morgan fingerprint density at radius 1 is 1.03 bits per heavy atom. The van der Waals surface area contributed by atoms with Crippen LogP contribution >= 0.6 is 0 Å². The molecule has 0 aliphatic heterocycles. The Bertz CT molecular complexity index is 1360. The molecule has 0 aliphatic rings. The molecule has 196 valence electrons. The molecule has 0 fully saturated rings. The van der Waals surface area contributed by atoms with Crippen molar-refractivity contribution >= 4 is 27.5 Å². The van der Waals surface area contributed by atoms with Crippen LogP contribution in [-0.2, 0) is 26.2 Å². The minimum atomic E-state index is -4.20. The number of anilines is 1. The smallest absolute Gasteiger partial charge is 0.264 e. The average Bonchev–Trinajstić information content (AvgIpc) is 2.90. The summed E-state index contributed by atoms with van der Waals surface area (Å²) in [6.07, 6.45) is 0. The van der Waals surface area contributed by atoms with Crippen molar-refractivity contribution in [3.05, 3.63) is 89.7 Å². The van der Waals surface area contributed by atoms with Crippen molar-refractivity contribution in [1.29, 1.82) is 0 Å². The number of benzene rings is 3. The van der Waals surface area contributed by atoms with E-state index in [0.29, 0.717) is 5.75 Å². The number of methoxy groups -OCH3 is 1. The third-order valence-electron chi connectivity index (χ3n) is 5.94. The van der Waals surface area contributed by atoms with Gasteiger partial charge in [0.2, 0.25) is 11.8 Å². The van der Waals surface area contributed by atoms with E-state index in [-0.39, 0.29) is 22.7 Å². The lowest BCUT2D eigenvalue weighted by Gasteiger charge is -2.32. The van der Waals surface area contributed by atoms with Gasteiger partial charge in [-0.25, -0.2) is 12.8 Å². The van der Waals surface area contributed by atoms with Crippen molar-refractivity contribution in [2.75, 3.05) is 25.0 Å². The number of aryl methyl sites for hydroxylation is 1. The van der Waals surface area contributed by atoms with E-state index in [1.807, 2.05) is 6.92 Å². The van der Waals surface area contributed by atoms with Crippen LogP contribution in [0.4, 0.5) is 10.1 Å². The first-order chi connectivity index (χ1) is 17.6. The van der Waals surface area contributed by atoms with Crippen molar-refractivity contribution in [2.24, 2.45) is 0 Å². The number of ether oxygens (including phenoxy) is 1. The van der Waals surface area contributed by atoms with Crippen molar-refractivity contribution in [3.8, 4) is 5.75 Å². The molecule has 3 rings (SSSR count). The van der Waals surface area contributed by atoms with Gasteiger partial charge in [0.1, 0.15) is 24.2 Å². The monoisotopic (exact) mass is 527 g/mol. The standard InChI is InChI=1S/C27H30FN3O5S/c1-19-12-14-24(15-13-19)37(34,35)31(22-9-7-10-23(16-22)36-4)18-26(32)30(20(2)27(33)29-3)17-21-8-5-6-11-25(21)28/h5-16,20H,17-18H2,1-4H3,(H,29,33). The highest BCUT2D eigenvalue weighted by Gasteiger charge is 2.32. The number of amides is 2. The summed E-state index contributed by atoms with van der Waals surface area (Å²) in [4.78, 5) is 27.3. The summed E-state index contributed by atoms with van der Waals surface area (Å²) in [6.45, 7) is 2.48. The van der Waals surface area contributed by atoms with E-state index in [1.54, 1.807) is 36.4 Å². The fourth-order valence-corrected chi connectivity index (χ4v) is 5.14. The zero-order valence-electron chi connectivity index (χ0n) is 21.1. The molecule has 8 nitrogen and oxygen atoms in total. The van der Waals surface area contributed by atoms with E-state index in [9.17, 15) is 22.4 Å². The van der Waals surface area contributed by atoms with Gasteiger partial charge in [-0.2, -0.15) is 0 Å².